The first-order valence-electron chi connectivity index (χ1n) is 7.51. The molecule has 0 saturated heterocycles. The maximum atomic E-state index is 5.88. The van der Waals surface area contributed by atoms with Gasteiger partial charge < -0.3 is 10.3 Å². The molecule has 2 rings (SSSR count). The number of aryl methyl sites for hydroxylation is 1. The van der Waals surface area contributed by atoms with Crippen LogP contribution < -0.4 is 5.73 Å². The number of nitrogen functional groups attached to an aromatic ring is 1. The normalized spacial score (nSPS) is 12.9. The van der Waals surface area contributed by atoms with Gasteiger partial charge in [0.2, 0.25) is 0 Å². The lowest BCUT2D eigenvalue weighted by atomic mass is 10.2. The molecule has 1 heterocycles. The first kappa shape index (κ1) is 15.2. The van der Waals surface area contributed by atoms with Gasteiger partial charge in [0, 0.05) is 18.2 Å². The van der Waals surface area contributed by atoms with Crippen LogP contribution in [-0.4, -0.2) is 21.1 Å². The summed E-state index contributed by atoms with van der Waals surface area (Å²) in [7, 11) is 0. The fourth-order valence-electron chi connectivity index (χ4n) is 2.58. The van der Waals surface area contributed by atoms with Crippen LogP contribution in [0.5, 0.6) is 0 Å². The van der Waals surface area contributed by atoms with Crippen LogP contribution in [0.2, 0.25) is 0 Å². The third-order valence-electron chi connectivity index (χ3n) is 3.59. The van der Waals surface area contributed by atoms with Crippen molar-refractivity contribution in [2.24, 2.45) is 0 Å². The number of thioether (sulfide) groups is 1. The van der Waals surface area contributed by atoms with Crippen molar-refractivity contribution in [1.82, 2.24) is 9.55 Å². The second-order valence-corrected chi connectivity index (χ2v) is 6.62. The van der Waals surface area contributed by atoms with E-state index in [1.165, 1.54) is 29.3 Å². The quantitative estimate of drug-likeness (QED) is 0.612. The molecule has 0 aliphatic carbocycles. The number of aromatic nitrogens is 2. The first-order chi connectivity index (χ1) is 9.67. The van der Waals surface area contributed by atoms with Gasteiger partial charge in [0.1, 0.15) is 5.82 Å². The largest absolute Gasteiger partial charge is 0.399 e. The van der Waals surface area contributed by atoms with Crippen LogP contribution in [0.25, 0.3) is 11.0 Å². The summed E-state index contributed by atoms with van der Waals surface area (Å²) < 4.78 is 2.41. The molecule has 0 aliphatic rings. The zero-order valence-corrected chi connectivity index (χ0v) is 13.5. The SMILES string of the molecule is CCCc1nc2cc(N)ccc2n1C(C)CCSCC. The van der Waals surface area contributed by atoms with Gasteiger partial charge in [-0.15, -0.1) is 0 Å². The molecule has 3 nitrogen and oxygen atoms in total. The van der Waals surface area contributed by atoms with Gasteiger partial charge in [-0.05, 0) is 49.5 Å². The van der Waals surface area contributed by atoms with Gasteiger partial charge in [-0.1, -0.05) is 13.8 Å². The smallest absolute Gasteiger partial charge is 0.110 e. The van der Waals surface area contributed by atoms with E-state index < -0.39 is 0 Å². The van der Waals surface area contributed by atoms with Crippen molar-refractivity contribution in [3.05, 3.63) is 24.0 Å². The number of nitrogens with zero attached hydrogens (tertiary/aromatic N) is 2. The number of nitrogens with two attached hydrogens (primary N) is 1. The van der Waals surface area contributed by atoms with E-state index in [0.717, 1.165) is 24.0 Å². The van der Waals surface area contributed by atoms with Gasteiger partial charge >= 0.3 is 0 Å². The Balaban J connectivity index is 2.34. The molecule has 0 radical (unpaired) electrons. The maximum absolute atomic E-state index is 5.88. The van der Waals surface area contributed by atoms with Gasteiger partial charge in [0.05, 0.1) is 11.0 Å². The first-order valence-corrected chi connectivity index (χ1v) is 8.66. The third kappa shape index (κ3) is 3.29. The van der Waals surface area contributed by atoms with Gasteiger partial charge in [0.25, 0.3) is 0 Å². The molecule has 1 aromatic heterocycles. The van der Waals surface area contributed by atoms with Gasteiger partial charge in [-0.2, -0.15) is 11.8 Å². The molecule has 4 heteroatoms. The topological polar surface area (TPSA) is 43.8 Å². The fourth-order valence-corrected chi connectivity index (χ4v) is 3.38. The standard InChI is InChI=1S/C16H25N3S/c1-4-6-16-18-14-11-13(17)7-8-15(14)19(16)12(3)9-10-20-5-2/h7-8,11-12H,4-6,9-10,17H2,1-3H3. The van der Waals surface area contributed by atoms with Crippen LogP contribution >= 0.6 is 11.8 Å². The zero-order valence-electron chi connectivity index (χ0n) is 12.7. The van der Waals surface area contributed by atoms with E-state index in [1.54, 1.807) is 0 Å². The van der Waals surface area contributed by atoms with Crippen molar-refractivity contribution in [2.75, 3.05) is 17.2 Å². The Morgan fingerprint density at radius 1 is 1.35 bits per heavy atom. The molecular formula is C16H25N3S. The van der Waals surface area contributed by atoms with Crippen molar-refractivity contribution in [2.45, 2.75) is 46.1 Å². The van der Waals surface area contributed by atoms with E-state index in [-0.39, 0.29) is 0 Å². The third-order valence-corrected chi connectivity index (χ3v) is 4.52. The van der Waals surface area contributed by atoms with Crippen LogP contribution in [0.4, 0.5) is 5.69 Å². The molecule has 0 amide bonds. The van der Waals surface area contributed by atoms with E-state index in [1.807, 2.05) is 23.9 Å². The summed E-state index contributed by atoms with van der Waals surface area (Å²) in [6, 6.07) is 6.56. The monoisotopic (exact) mass is 291 g/mol. The lowest BCUT2D eigenvalue weighted by Gasteiger charge is -2.17. The Morgan fingerprint density at radius 2 is 2.15 bits per heavy atom. The van der Waals surface area contributed by atoms with Crippen LogP contribution in [0.3, 0.4) is 0 Å². The zero-order chi connectivity index (χ0) is 14.5. The van der Waals surface area contributed by atoms with Gasteiger partial charge in [-0.25, -0.2) is 4.98 Å². The van der Waals surface area contributed by atoms with Crippen LogP contribution in [0.15, 0.2) is 18.2 Å². The summed E-state index contributed by atoms with van der Waals surface area (Å²) in [5.74, 6) is 3.59. The maximum Gasteiger partial charge on any atom is 0.110 e. The second-order valence-electron chi connectivity index (χ2n) is 5.23. The summed E-state index contributed by atoms with van der Waals surface area (Å²) in [5.41, 5.74) is 8.92. The predicted octanol–water partition coefficient (Wildman–Crippen LogP) is 4.28. The van der Waals surface area contributed by atoms with Gasteiger partial charge in [0.15, 0.2) is 0 Å². The van der Waals surface area contributed by atoms with Crippen molar-refractivity contribution < 1.29 is 0 Å². The van der Waals surface area contributed by atoms with Crippen LogP contribution in [-0.2, 0) is 6.42 Å². The highest BCUT2D eigenvalue weighted by Crippen LogP contribution is 2.26. The van der Waals surface area contributed by atoms with Crippen LogP contribution in [0, 0.1) is 0 Å². The van der Waals surface area contributed by atoms with Gasteiger partial charge in [-0.3, -0.25) is 0 Å². The molecule has 2 aromatic rings. The number of anilines is 1. The van der Waals surface area contributed by atoms with E-state index >= 15 is 0 Å². The number of hydrogen-bond donors (Lipinski definition) is 1. The molecule has 20 heavy (non-hydrogen) atoms. The molecule has 0 aliphatic heterocycles. The molecule has 1 unspecified atom stereocenters. The highest BCUT2D eigenvalue weighted by atomic mass is 32.2. The van der Waals surface area contributed by atoms with E-state index in [2.05, 4.69) is 31.4 Å². The Labute approximate surface area is 125 Å². The second kappa shape index (κ2) is 7.02. The highest BCUT2D eigenvalue weighted by Gasteiger charge is 2.15. The van der Waals surface area contributed by atoms with Crippen molar-refractivity contribution in [3.8, 4) is 0 Å². The van der Waals surface area contributed by atoms with Crippen LogP contribution in [0.1, 0.15) is 45.5 Å². The minimum absolute atomic E-state index is 0.490. The minimum atomic E-state index is 0.490. The predicted molar refractivity (Wildman–Crippen MR) is 90.5 cm³/mol. The summed E-state index contributed by atoms with van der Waals surface area (Å²) in [6.45, 7) is 6.72. The highest BCUT2D eigenvalue weighted by molar-refractivity contribution is 7.99. The molecule has 2 N–H and O–H groups in total. The number of benzene rings is 1. The number of rotatable bonds is 7. The average Bonchev–Trinajstić information content (AvgIpc) is 2.76. The average molecular weight is 291 g/mol. The molecule has 0 spiro atoms. The van der Waals surface area contributed by atoms with Crippen molar-refractivity contribution >= 4 is 28.5 Å². The Bertz CT molecular complexity index is 562. The molecule has 1 atom stereocenters. The molecule has 0 fully saturated rings. The fraction of sp³-hybridized carbons (Fsp3) is 0.562. The summed E-state index contributed by atoms with van der Waals surface area (Å²) >= 11 is 2.01. The summed E-state index contributed by atoms with van der Waals surface area (Å²) in [4.78, 5) is 4.79. The van der Waals surface area contributed by atoms with Crippen molar-refractivity contribution in [3.63, 3.8) is 0 Å². The number of imidazole rings is 1. The lowest BCUT2D eigenvalue weighted by Crippen LogP contribution is -2.10. The van der Waals surface area contributed by atoms with E-state index in [9.17, 15) is 0 Å². The van der Waals surface area contributed by atoms with E-state index in [4.69, 9.17) is 10.7 Å². The summed E-state index contributed by atoms with van der Waals surface area (Å²) in [6.07, 6.45) is 3.33. The Morgan fingerprint density at radius 3 is 2.85 bits per heavy atom. The Hall–Kier alpha value is -1.16. The lowest BCUT2D eigenvalue weighted by molar-refractivity contribution is 0.523. The molecule has 0 bridgehead atoms. The summed E-state index contributed by atoms with van der Waals surface area (Å²) in [5, 5.41) is 0. The van der Waals surface area contributed by atoms with E-state index in [0.29, 0.717) is 6.04 Å². The minimum Gasteiger partial charge on any atom is -0.399 e. The van der Waals surface area contributed by atoms with Crippen molar-refractivity contribution in [1.29, 1.82) is 0 Å². The molecule has 1 aromatic carbocycles. The number of fused-ring (bicyclic) bond motifs is 1. The Kier molecular flexibility index (Phi) is 5.35. The molecule has 0 saturated carbocycles. The molecule has 110 valence electrons. The number of hydrogen-bond acceptors (Lipinski definition) is 3. The molecular weight excluding hydrogens is 266 g/mol.